The molecule has 1 unspecified atom stereocenters. The van der Waals surface area contributed by atoms with Crippen molar-refractivity contribution >= 4 is 5.82 Å². The summed E-state index contributed by atoms with van der Waals surface area (Å²) in [5, 5.41) is 16.0. The number of hydrogen-bond acceptors (Lipinski definition) is 6. The minimum Gasteiger partial charge on any atom is -0.351 e. The van der Waals surface area contributed by atoms with E-state index < -0.39 is 0 Å². The number of hydrogen-bond donors (Lipinski definition) is 1. The second kappa shape index (κ2) is 7.40. The lowest BCUT2D eigenvalue weighted by Crippen LogP contribution is -2.38. The molecule has 0 spiro atoms. The second-order valence-corrected chi connectivity index (χ2v) is 6.21. The summed E-state index contributed by atoms with van der Waals surface area (Å²) in [5.74, 6) is 0.976. The molecule has 1 aliphatic rings. The summed E-state index contributed by atoms with van der Waals surface area (Å²) in [6.45, 7) is 2.85. The van der Waals surface area contributed by atoms with Crippen LogP contribution in [0.4, 0.5) is 5.82 Å². The van der Waals surface area contributed by atoms with Gasteiger partial charge in [-0.05, 0) is 42.7 Å². The zero-order chi connectivity index (χ0) is 16.9. The van der Waals surface area contributed by atoms with Crippen molar-refractivity contribution in [3.8, 4) is 5.69 Å². The lowest BCUT2D eigenvalue weighted by molar-refractivity contribution is 0.569. The van der Waals surface area contributed by atoms with Gasteiger partial charge in [0.15, 0.2) is 5.82 Å². The predicted molar refractivity (Wildman–Crippen MR) is 95.5 cm³/mol. The molecule has 7 heteroatoms. The normalized spacial score (nSPS) is 17.1. The number of anilines is 1. The molecule has 4 rings (SSSR count). The van der Waals surface area contributed by atoms with Gasteiger partial charge >= 0.3 is 0 Å². The van der Waals surface area contributed by atoms with Crippen molar-refractivity contribution in [2.45, 2.75) is 25.4 Å². The van der Waals surface area contributed by atoms with Crippen LogP contribution in [0.3, 0.4) is 0 Å². The molecule has 0 saturated carbocycles. The van der Waals surface area contributed by atoms with E-state index in [1.807, 2.05) is 12.1 Å². The molecule has 1 atom stereocenters. The van der Waals surface area contributed by atoms with E-state index in [-0.39, 0.29) is 0 Å². The first-order valence-electron chi connectivity index (χ1n) is 8.59. The molecule has 128 valence electrons. The van der Waals surface area contributed by atoms with Crippen molar-refractivity contribution in [3.05, 3.63) is 60.8 Å². The molecule has 7 nitrogen and oxygen atoms in total. The minimum atomic E-state index is 0.478. The highest BCUT2D eigenvalue weighted by molar-refractivity contribution is 5.39. The van der Waals surface area contributed by atoms with Gasteiger partial charge in [0, 0.05) is 31.9 Å². The summed E-state index contributed by atoms with van der Waals surface area (Å²) < 4.78 is 1.76. The molecule has 1 aliphatic heterocycles. The first-order valence-corrected chi connectivity index (χ1v) is 8.59. The minimum absolute atomic E-state index is 0.478. The number of rotatable bonds is 6. The molecule has 0 aliphatic carbocycles. The van der Waals surface area contributed by atoms with Crippen molar-refractivity contribution in [2.75, 3.05) is 18.0 Å². The van der Waals surface area contributed by atoms with Gasteiger partial charge in [-0.1, -0.05) is 12.1 Å². The van der Waals surface area contributed by atoms with Crippen LogP contribution in [-0.2, 0) is 6.54 Å². The van der Waals surface area contributed by atoms with Gasteiger partial charge in [0.25, 0.3) is 0 Å². The van der Waals surface area contributed by atoms with E-state index in [4.69, 9.17) is 0 Å². The molecule has 1 aromatic carbocycles. The van der Waals surface area contributed by atoms with Crippen molar-refractivity contribution in [2.24, 2.45) is 0 Å². The standard InChI is InChI=1S/C18H21N7/c1-4-18(23-21-9-1)24-10-2-3-17(24)12-19-11-15-5-7-16(8-6-15)25-14-20-13-22-25/h1,4-9,13-14,17,19H,2-3,10-12H2. The summed E-state index contributed by atoms with van der Waals surface area (Å²) in [4.78, 5) is 6.33. The molecule has 3 heterocycles. The van der Waals surface area contributed by atoms with Gasteiger partial charge in [0.05, 0.1) is 5.69 Å². The maximum atomic E-state index is 4.25. The summed E-state index contributed by atoms with van der Waals surface area (Å²) in [7, 11) is 0. The zero-order valence-corrected chi connectivity index (χ0v) is 14.0. The number of nitrogens with zero attached hydrogens (tertiary/aromatic N) is 6. The van der Waals surface area contributed by atoms with Gasteiger partial charge < -0.3 is 10.2 Å². The highest BCUT2D eigenvalue weighted by Gasteiger charge is 2.25. The third kappa shape index (κ3) is 3.66. The Morgan fingerprint density at radius 1 is 1.16 bits per heavy atom. The van der Waals surface area contributed by atoms with E-state index in [0.717, 1.165) is 31.1 Å². The van der Waals surface area contributed by atoms with Gasteiger partial charge in [-0.2, -0.15) is 10.2 Å². The third-order valence-electron chi connectivity index (χ3n) is 4.56. The molecule has 2 aromatic heterocycles. The van der Waals surface area contributed by atoms with E-state index >= 15 is 0 Å². The quantitative estimate of drug-likeness (QED) is 0.741. The first kappa shape index (κ1) is 15.7. The van der Waals surface area contributed by atoms with Crippen molar-refractivity contribution in [1.82, 2.24) is 30.3 Å². The Morgan fingerprint density at radius 3 is 2.84 bits per heavy atom. The maximum absolute atomic E-state index is 4.25. The Labute approximate surface area is 146 Å². The van der Waals surface area contributed by atoms with Crippen LogP contribution >= 0.6 is 0 Å². The van der Waals surface area contributed by atoms with Crippen LogP contribution in [0.2, 0.25) is 0 Å². The molecule has 0 radical (unpaired) electrons. The Morgan fingerprint density at radius 2 is 2.08 bits per heavy atom. The van der Waals surface area contributed by atoms with E-state index in [2.05, 4.69) is 54.8 Å². The van der Waals surface area contributed by atoms with Gasteiger partial charge in [0.1, 0.15) is 12.7 Å². The van der Waals surface area contributed by atoms with Gasteiger partial charge in [0.2, 0.25) is 0 Å². The lowest BCUT2D eigenvalue weighted by Gasteiger charge is -2.25. The Hall–Kier alpha value is -2.80. The van der Waals surface area contributed by atoms with Gasteiger partial charge in [-0.15, -0.1) is 5.10 Å². The van der Waals surface area contributed by atoms with Crippen molar-refractivity contribution < 1.29 is 0 Å². The van der Waals surface area contributed by atoms with E-state index in [1.54, 1.807) is 23.5 Å². The number of aromatic nitrogens is 5. The highest BCUT2D eigenvalue weighted by Crippen LogP contribution is 2.22. The Kier molecular flexibility index (Phi) is 4.65. The fourth-order valence-electron chi connectivity index (χ4n) is 3.29. The fourth-order valence-corrected chi connectivity index (χ4v) is 3.29. The number of benzene rings is 1. The largest absolute Gasteiger partial charge is 0.351 e. The van der Waals surface area contributed by atoms with Crippen LogP contribution < -0.4 is 10.2 Å². The van der Waals surface area contributed by atoms with Crippen LogP contribution in [0.1, 0.15) is 18.4 Å². The molecule has 0 bridgehead atoms. The fraction of sp³-hybridized carbons (Fsp3) is 0.333. The van der Waals surface area contributed by atoms with Crippen LogP contribution in [-0.4, -0.2) is 44.1 Å². The first-order chi connectivity index (χ1) is 12.4. The zero-order valence-electron chi connectivity index (χ0n) is 14.0. The Bertz CT molecular complexity index is 771. The third-order valence-corrected chi connectivity index (χ3v) is 4.56. The topological polar surface area (TPSA) is 71.8 Å². The average molecular weight is 335 g/mol. The van der Waals surface area contributed by atoms with Crippen LogP contribution in [0, 0.1) is 0 Å². The lowest BCUT2D eigenvalue weighted by atomic mass is 10.2. The van der Waals surface area contributed by atoms with Crippen LogP contribution in [0.25, 0.3) is 5.69 Å². The highest BCUT2D eigenvalue weighted by atomic mass is 15.3. The maximum Gasteiger partial charge on any atom is 0.151 e. The average Bonchev–Trinajstić information content (AvgIpc) is 3.35. The van der Waals surface area contributed by atoms with Gasteiger partial charge in [-0.25, -0.2) is 9.67 Å². The molecule has 25 heavy (non-hydrogen) atoms. The summed E-state index contributed by atoms with van der Waals surface area (Å²) >= 11 is 0. The SMILES string of the molecule is c1cnnc(N2CCCC2CNCc2ccc(-n3cncn3)cc2)c1. The van der Waals surface area contributed by atoms with Crippen LogP contribution in [0.15, 0.2) is 55.2 Å². The van der Waals surface area contributed by atoms with E-state index in [9.17, 15) is 0 Å². The Balaban J connectivity index is 1.31. The molecule has 1 saturated heterocycles. The predicted octanol–water partition coefficient (Wildman–Crippen LogP) is 1.82. The molecule has 1 fully saturated rings. The molecule has 0 amide bonds. The number of nitrogens with one attached hydrogen (secondary N) is 1. The van der Waals surface area contributed by atoms with Gasteiger partial charge in [-0.3, -0.25) is 0 Å². The van der Waals surface area contributed by atoms with E-state index in [1.165, 1.54) is 18.4 Å². The van der Waals surface area contributed by atoms with Crippen molar-refractivity contribution in [1.29, 1.82) is 0 Å². The second-order valence-electron chi connectivity index (χ2n) is 6.21. The summed E-state index contributed by atoms with van der Waals surface area (Å²) in [5.41, 5.74) is 2.28. The smallest absolute Gasteiger partial charge is 0.151 e. The summed E-state index contributed by atoms with van der Waals surface area (Å²) in [6, 6.07) is 12.8. The summed E-state index contributed by atoms with van der Waals surface area (Å²) in [6.07, 6.45) is 7.36. The van der Waals surface area contributed by atoms with E-state index in [0.29, 0.717) is 6.04 Å². The molecule has 1 N–H and O–H groups in total. The van der Waals surface area contributed by atoms with Crippen LogP contribution in [0.5, 0.6) is 0 Å². The molecular weight excluding hydrogens is 314 g/mol. The molecule has 3 aromatic rings. The van der Waals surface area contributed by atoms with Crippen molar-refractivity contribution in [3.63, 3.8) is 0 Å². The molecular formula is C18H21N7. The monoisotopic (exact) mass is 335 g/mol.